The molecule has 0 saturated carbocycles. The largest absolute Gasteiger partial charge is 0.369 e. The summed E-state index contributed by atoms with van der Waals surface area (Å²) < 4.78 is 8.27. The van der Waals surface area contributed by atoms with E-state index in [1.165, 1.54) is 18.7 Å². The van der Waals surface area contributed by atoms with Gasteiger partial charge in [0.25, 0.3) is 5.56 Å². The number of rotatable bonds is 2. The molecule has 0 aromatic carbocycles. The van der Waals surface area contributed by atoms with Gasteiger partial charge in [0.1, 0.15) is 0 Å². The number of anilines is 1. The molecule has 3 N–H and O–H groups in total. The highest BCUT2D eigenvalue weighted by Gasteiger charge is 2.62. The van der Waals surface area contributed by atoms with Crippen molar-refractivity contribution in [3.63, 3.8) is 0 Å². The molecule has 4 heterocycles. The molecule has 2 aliphatic heterocycles. The van der Waals surface area contributed by atoms with Crippen molar-refractivity contribution >= 4 is 39.9 Å². The Kier molecular flexibility index (Phi) is 4.46. The second-order valence-electron chi connectivity index (χ2n) is 7.23. The van der Waals surface area contributed by atoms with E-state index >= 15 is 0 Å². The summed E-state index contributed by atoms with van der Waals surface area (Å²) in [7, 11) is 0. The molecule has 2 aliphatic rings. The lowest BCUT2D eigenvalue weighted by Gasteiger charge is -2.38. The Hall–Kier alpha value is -2.40. The van der Waals surface area contributed by atoms with E-state index < -0.39 is 6.23 Å². The number of carbonyl (C=O) groups is 1. The Bertz CT molecular complexity index is 1030. The molecule has 150 valence electrons. The highest BCUT2D eigenvalue weighted by Crippen LogP contribution is 2.52. The van der Waals surface area contributed by atoms with Crippen LogP contribution in [0.15, 0.2) is 16.1 Å². The average molecular weight is 405 g/mol. The third kappa shape index (κ3) is 2.64. The van der Waals surface area contributed by atoms with Gasteiger partial charge in [-0.2, -0.15) is 9.98 Å². The Balaban J connectivity index is 1.83. The van der Waals surface area contributed by atoms with Gasteiger partial charge in [0.2, 0.25) is 11.9 Å². The summed E-state index contributed by atoms with van der Waals surface area (Å²) in [6.45, 7) is 6.34. The van der Waals surface area contributed by atoms with Crippen LogP contribution >= 0.6 is 11.8 Å². The van der Waals surface area contributed by atoms with Gasteiger partial charge in [0.05, 0.1) is 18.0 Å². The van der Waals surface area contributed by atoms with Crippen LogP contribution in [0.5, 0.6) is 0 Å². The smallest absolute Gasteiger partial charge is 0.280 e. The lowest BCUT2D eigenvalue weighted by molar-refractivity contribution is -0.119. The molecule has 28 heavy (non-hydrogen) atoms. The van der Waals surface area contributed by atoms with E-state index in [9.17, 15) is 9.59 Å². The average Bonchev–Trinajstić information content (AvgIpc) is 3.27. The van der Waals surface area contributed by atoms with Gasteiger partial charge >= 0.3 is 0 Å². The van der Waals surface area contributed by atoms with Gasteiger partial charge in [-0.05, 0) is 12.7 Å². The van der Waals surface area contributed by atoms with Gasteiger partial charge in [-0.25, -0.2) is 4.98 Å². The number of likely N-dealkylation sites (tertiary alicyclic amines) is 1. The second-order valence-corrected chi connectivity index (χ2v) is 8.00. The molecule has 0 spiro atoms. The number of aliphatic imine (C=N–C) groups is 1. The van der Waals surface area contributed by atoms with Crippen molar-refractivity contribution < 1.29 is 9.53 Å². The van der Waals surface area contributed by atoms with Gasteiger partial charge < -0.3 is 15.4 Å². The van der Waals surface area contributed by atoms with Crippen molar-refractivity contribution in [3.8, 4) is 0 Å². The summed E-state index contributed by atoms with van der Waals surface area (Å²) in [6, 6.07) is -0.0785. The minimum Gasteiger partial charge on any atom is -0.369 e. The molecule has 0 unspecified atom stereocenters. The van der Waals surface area contributed by atoms with Gasteiger partial charge in [-0.15, -0.1) is 0 Å². The quantitative estimate of drug-likeness (QED) is 0.558. The first-order valence-corrected chi connectivity index (χ1v) is 10.3. The van der Waals surface area contributed by atoms with Crippen molar-refractivity contribution in [2.75, 3.05) is 18.5 Å². The van der Waals surface area contributed by atoms with Gasteiger partial charge in [-0.1, -0.05) is 25.6 Å². The SMILES string of the molecule is CC[C@@]12CN(/C(=N/C(C)=O)SC)[C@@H]([C@H](n3cnc4c(=O)[nH]c(N)nc43)O1)[C@@H]2C. The molecule has 4 atom stereocenters. The number of imidazole rings is 1. The number of nitrogens with one attached hydrogen (secondary N) is 1. The number of amidine groups is 1. The van der Waals surface area contributed by atoms with Crippen LogP contribution in [0.2, 0.25) is 0 Å². The maximum atomic E-state index is 12.1. The highest BCUT2D eigenvalue weighted by molar-refractivity contribution is 8.13. The van der Waals surface area contributed by atoms with Crippen molar-refractivity contribution in [2.45, 2.75) is 45.1 Å². The van der Waals surface area contributed by atoms with Gasteiger partial charge in [0, 0.05) is 19.4 Å². The first kappa shape index (κ1) is 18.9. The lowest BCUT2D eigenvalue weighted by Crippen LogP contribution is -2.47. The first-order chi connectivity index (χ1) is 13.3. The number of aromatic nitrogens is 4. The number of aromatic amines is 1. The first-order valence-electron chi connectivity index (χ1n) is 9.11. The number of thioether (sulfide) groups is 1. The van der Waals surface area contributed by atoms with Gasteiger partial charge in [0.15, 0.2) is 22.6 Å². The van der Waals surface area contributed by atoms with Crippen molar-refractivity contribution in [2.24, 2.45) is 10.9 Å². The van der Waals surface area contributed by atoms with Crippen LogP contribution in [0.1, 0.15) is 33.4 Å². The number of nitrogens with two attached hydrogens (primary N) is 1. The van der Waals surface area contributed by atoms with Crippen LogP contribution in [0.4, 0.5) is 5.95 Å². The molecular weight excluding hydrogens is 382 g/mol. The number of hydrogen-bond acceptors (Lipinski definition) is 7. The molecule has 0 aliphatic carbocycles. The molecular formula is C17H23N7O3S. The fourth-order valence-corrected chi connectivity index (χ4v) is 5.04. The molecule has 2 aromatic heterocycles. The predicted molar refractivity (Wildman–Crippen MR) is 107 cm³/mol. The Labute approximate surface area is 165 Å². The number of nitrogens with zero attached hydrogens (tertiary/aromatic N) is 5. The fourth-order valence-electron chi connectivity index (χ4n) is 4.40. The third-order valence-corrected chi connectivity index (χ3v) is 6.48. The van der Waals surface area contributed by atoms with Crippen LogP contribution in [-0.2, 0) is 9.53 Å². The van der Waals surface area contributed by atoms with Crippen LogP contribution in [0.3, 0.4) is 0 Å². The topological polar surface area (TPSA) is 131 Å². The standard InChI is InChI=1S/C17H23N7O3S/c1-5-17-6-23(16(28-4)20-9(3)25)11(8(17)2)14(27-17)24-7-19-10-12(24)21-15(18)22-13(10)26/h7-8,11,14H,5-6H2,1-4H3,(H3,18,21,22,26)/b20-16-/t8-,11+,14+,17-/m0/s1. The van der Waals surface area contributed by atoms with E-state index in [0.29, 0.717) is 17.4 Å². The summed E-state index contributed by atoms with van der Waals surface area (Å²) in [5.74, 6) is -0.0269. The summed E-state index contributed by atoms with van der Waals surface area (Å²) in [5, 5.41) is 0.669. The summed E-state index contributed by atoms with van der Waals surface area (Å²) >= 11 is 1.44. The third-order valence-electron chi connectivity index (χ3n) is 5.79. The zero-order chi connectivity index (χ0) is 20.2. The van der Waals surface area contributed by atoms with E-state index in [1.54, 1.807) is 10.9 Å². The monoisotopic (exact) mass is 405 g/mol. The van der Waals surface area contributed by atoms with Crippen molar-refractivity contribution in [1.82, 2.24) is 24.4 Å². The Morgan fingerprint density at radius 3 is 2.93 bits per heavy atom. The number of morpholine rings is 1. The van der Waals surface area contributed by atoms with E-state index in [0.717, 1.165) is 6.42 Å². The number of carbonyl (C=O) groups excluding carboxylic acids is 1. The number of hydrogen-bond donors (Lipinski definition) is 2. The maximum absolute atomic E-state index is 12.1. The van der Waals surface area contributed by atoms with Gasteiger partial charge in [-0.3, -0.25) is 19.1 Å². The normalized spacial score (nSPS) is 29.8. The van der Waals surface area contributed by atoms with E-state index in [-0.39, 0.29) is 40.5 Å². The molecule has 10 nitrogen and oxygen atoms in total. The number of nitrogen functional groups attached to an aromatic ring is 1. The summed E-state index contributed by atoms with van der Waals surface area (Å²) in [5.41, 5.74) is 5.57. The minimum absolute atomic E-state index is 0.0282. The fraction of sp³-hybridized carbons (Fsp3) is 0.588. The predicted octanol–water partition coefficient (Wildman–Crippen LogP) is 0.965. The molecule has 4 rings (SSSR count). The summed E-state index contributed by atoms with van der Waals surface area (Å²) in [4.78, 5) is 41.1. The molecule has 11 heteroatoms. The van der Waals surface area contributed by atoms with E-state index in [4.69, 9.17) is 10.5 Å². The van der Waals surface area contributed by atoms with Crippen LogP contribution in [0, 0.1) is 5.92 Å². The number of fused-ring (bicyclic) bond motifs is 3. The van der Waals surface area contributed by atoms with E-state index in [2.05, 4.69) is 38.7 Å². The number of ether oxygens (including phenoxy) is 1. The molecule has 2 aromatic rings. The summed E-state index contributed by atoms with van der Waals surface area (Å²) in [6.07, 6.45) is 3.85. The maximum Gasteiger partial charge on any atom is 0.280 e. The molecule has 0 radical (unpaired) electrons. The Morgan fingerprint density at radius 2 is 2.32 bits per heavy atom. The number of H-pyrrole nitrogens is 1. The second kappa shape index (κ2) is 6.59. The van der Waals surface area contributed by atoms with Crippen LogP contribution in [0.25, 0.3) is 11.2 Å². The van der Waals surface area contributed by atoms with Crippen LogP contribution in [-0.4, -0.2) is 59.9 Å². The number of amides is 1. The zero-order valence-corrected chi connectivity index (χ0v) is 17.0. The van der Waals surface area contributed by atoms with Crippen LogP contribution < -0.4 is 11.3 Å². The lowest BCUT2D eigenvalue weighted by atomic mass is 9.88. The molecule has 2 fully saturated rings. The minimum atomic E-state index is -0.424. The van der Waals surface area contributed by atoms with Crippen molar-refractivity contribution in [3.05, 3.63) is 16.7 Å². The van der Waals surface area contributed by atoms with E-state index in [1.807, 2.05) is 6.26 Å². The van der Waals surface area contributed by atoms with Crippen molar-refractivity contribution in [1.29, 1.82) is 0 Å². The molecule has 1 amide bonds. The zero-order valence-electron chi connectivity index (χ0n) is 16.2. The molecule has 2 saturated heterocycles. The Morgan fingerprint density at radius 1 is 1.57 bits per heavy atom. The highest BCUT2D eigenvalue weighted by atomic mass is 32.2. The molecule has 2 bridgehead atoms.